The molecule has 0 aromatic rings. The van der Waals surface area contributed by atoms with Crippen LogP contribution in [0.15, 0.2) is 23.8 Å². The second-order valence-corrected chi connectivity index (χ2v) is 3.54. The summed E-state index contributed by atoms with van der Waals surface area (Å²) in [6.07, 6.45) is 4.45. The van der Waals surface area contributed by atoms with E-state index in [-0.39, 0.29) is 0 Å². The lowest BCUT2D eigenvalue weighted by atomic mass is 9.95. The highest BCUT2D eigenvalue weighted by molar-refractivity contribution is 5.24. The van der Waals surface area contributed by atoms with Crippen LogP contribution in [0.5, 0.6) is 0 Å². The first kappa shape index (κ1) is 10.5. The molecule has 0 radical (unpaired) electrons. The Morgan fingerprint density at radius 3 is 2.85 bits per heavy atom. The van der Waals surface area contributed by atoms with Gasteiger partial charge in [-0.05, 0) is 19.8 Å². The molecule has 1 aliphatic carbocycles. The van der Waals surface area contributed by atoms with Gasteiger partial charge in [-0.15, -0.1) is 0 Å². The molecule has 0 amide bonds. The summed E-state index contributed by atoms with van der Waals surface area (Å²) in [7, 11) is 1.69. The summed E-state index contributed by atoms with van der Waals surface area (Å²) in [6.45, 7) is 7.43. The first-order valence-corrected chi connectivity index (χ1v) is 4.68. The molecule has 1 aliphatic rings. The highest BCUT2D eigenvalue weighted by atomic mass is 16.5. The maximum absolute atomic E-state index is 5.64. The van der Waals surface area contributed by atoms with E-state index in [0.29, 0.717) is 19.3 Å². The van der Waals surface area contributed by atoms with Gasteiger partial charge in [-0.25, -0.2) is 0 Å². The van der Waals surface area contributed by atoms with E-state index < -0.39 is 0 Å². The first-order chi connectivity index (χ1) is 6.22. The number of hydrogen-bond acceptors (Lipinski definition) is 2. The van der Waals surface area contributed by atoms with Crippen molar-refractivity contribution in [3.63, 3.8) is 0 Å². The van der Waals surface area contributed by atoms with Crippen molar-refractivity contribution in [1.82, 2.24) is 0 Å². The van der Waals surface area contributed by atoms with Gasteiger partial charge in [-0.1, -0.05) is 23.8 Å². The fourth-order valence-corrected chi connectivity index (χ4v) is 1.61. The molecule has 0 aliphatic heterocycles. The summed E-state index contributed by atoms with van der Waals surface area (Å²) < 4.78 is 10.6. The standard InChI is InChI=1S/C11H18O2/c1-9-6-10(2)8-11(7-9)13-5-4-12-3/h6,11H,1,4-5,7-8H2,2-3H3. The van der Waals surface area contributed by atoms with Crippen LogP contribution in [0, 0.1) is 0 Å². The molecule has 0 spiro atoms. The Bertz CT molecular complexity index is 206. The molecule has 1 unspecified atom stereocenters. The Labute approximate surface area is 80.2 Å². The van der Waals surface area contributed by atoms with Crippen molar-refractivity contribution in [2.24, 2.45) is 0 Å². The number of ether oxygens (including phenoxy) is 2. The zero-order valence-corrected chi connectivity index (χ0v) is 8.51. The Morgan fingerprint density at radius 2 is 2.23 bits per heavy atom. The van der Waals surface area contributed by atoms with Crippen molar-refractivity contribution in [1.29, 1.82) is 0 Å². The molecule has 0 aromatic heterocycles. The normalized spacial score (nSPS) is 23.1. The molecular weight excluding hydrogens is 164 g/mol. The third-order valence-corrected chi connectivity index (χ3v) is 2.13. The van der Waals surface area contributed by atoms with Crippen LogP contribution in [0.25, 0.3) is 0 Å². The van der Waals surface area contributed by atoms with E-state index >= 15 is 0 Å². The molecule has 0 heterocycles. The van der Waals surface area contributed by atoms with Crippen LogP contribution in [-0.4, -0.2) is 26.4 Å². The zero-order chi connectivity index (χ0) is 9.68. The predicted octanol–water partition coefficient (Wildman–Crippen LogP) is 2.31. The van der Waals surface area contributed by atoms with Gasteiger partial charge in [-0.2, -0.15) is 0 Å². The van der Waals surface area contributed by atoms with E-state index in [1.54, 1.807) is 7.11 Å². The molecule has 0 aromatic carbocycles. The second-order valence-electron chi connectivity index (χ2n) is 3.54. The molecule has 74 valence electrons. The Hall–Kier alpha value is -0.600. The smallest absolute Gasteiger partial charge is 0.0704 e. The van der Waals surface area contributed by atoms with Gasteiger partial charge >= 0.3 is 0 Å². The van der Waals surface area contributed by atoms with Crippen molar-refractivity contribution in [3.05, 3.63) is 23.8 Å². The van der Waals surface area contributed by atoms with E-state index in [0.717, 1.165) is 12.8 Å². The average Bonchev–Trinajstić information content (AvgIpc) is 2.03. The summed E-state index contributed by atoms with van der Waals surface area (Å²) in [5.74, 6) is 0. The second kappa shape index (κ2) is 5.20. The maximum atomic E-state index is 5.64. The molecule has 1 rings (SSSR count). The van der Waals surface area contributed by atoms with Crippen LogP contribution in [0.1, 0.15) is 19.8 Å². The first-order valence-electron chi connectivity index (χ1n) is 4.68. The van der Waals surface area contributed by atoms with Crippen molar-refractivity contribution >= 4 is 0 Å². The lowest BCUT2D eigenvalue weighted by Crippen LogP contribution is -2.19. The fraction of sp³-hybridized carbons (Fsp3) is 0.636. The molecule has 2 nitrogen and oxygen atoms in total. The van der Waals surface area contributed by atoms with E-state index in [1.807, 2.05) is 0 Å². The van der Waals surface area contributed by atoms with Gasteiger partial charge in [0.25, 0.3) is 0 Å². The van der Waals surface area contributed by atoms with E-state index in [1.165, 1.54) is 11.1 Å². The number of hydrogen-bond donors (Lipinski definition) is 0. The van der Waals surface area contributed by atoms with Gasteiger partial charge in [0.1, 0.15) is 0 Å². The lowest BCUT2D eigenvalue weighted by molar-refractivity contribution is 0.0169. The van der Waals surface area contributed by atoms with Crippen molar-refractivity contribution < 1.29 is 9.47 Å². The van der Waals surface area contributed by atoms with E-state index in [9.17, 15) is 0 Å². The van der Waals surface area contributed by atoms with Gasteiger partial charge in [0.15, 0.2) is 0 Å². The minimum absolute atomic E-state index is 0.313. The van der Waals surface area contributed by atoms with E-state index in [2.05, 4.69) is 19.6 Å². The molecule has 1 atom stereocenters. The Morgan fingerprint density at radius 1 is 1.46 bits per heavy atom. The van der Waals surface area contributed by atoms with Crippen LogP contribution < -0.4 is 0 Å². The minimum atomic E-state index is 0.313. The summed E-state index contributed by atoms with van der Waals surface area (Å²) in [5.41, 5.74) is 2.53. The van der Waals surface area contributed by atoms with Crippen molar-refractivity contribution in [3.8, 4) is 0 Å². The van der Waals surface area contributed by atoms with Gasteiger partial charge in [0, 0.05) is 7.11 Å². The summed E-state index contributed by atoms with van der Waals surface area (Å²) >= 11 is 0. The number of allylic oxidation sites excluding steroid dienone is 1. The molecule has 0 saturated carbocycles. The molecule has 0 N–H and O–H groups in total. The van der Waals surface area contributed by atoms with Crippen LogP contribution in [0.4, 0.5) is 0 Å². The quantitative estimate of drug-likeness (QED) is 0.621. The Balaban J connectivity index is 2.29. The molecule has 0 fully saturated rings. The lowest BCUT2D eigenvalue weighted by Gasteiger charge is -2.22. The third kappa shape index (κ3) is 3.75. The molecule has 2 heteroatoms. The summed E-state index contributed by atoms with van der Waals surface area (Å²) in [5, 5.41) is 0. The summed E-state index contributed by atoms with van der Waals surface area (Å²) in [6, 6.07) is 0. The minimum Gasteiger partial charge on any atom is -0.382 e. The highest BCUT2D eigenvalue weighted by Gasteiger charge is 2.15. The van der Waals surface area contributed by atoms with Gasteiger partial charge in [0.2, 0.25) is 0 Å². The van der Waals surface area contributed by atoms with Gasteiger partial charge in [0.05, 0.1) is 19.3 Å². The fourth-order valence-electron chi connectivity index (χ4n) is 1.61. The monoisotopic (exact) mass is 182 g/mol. The topological polar surface area (TPSA) is 18.5 Å². The molecule has 13 heavy (non-hydrogen) atoms. The average molecular weight is 182 g/mol. The van der Waals surface area contributed by atoms with Crippen LogP contribution in [0.3, 0.4) is 0 Å². The molecule has 0 saturated heterocycles. The van der Waals surface area contributed by atoms with Gasteiger partial charge < -0.3 is 9.47 Å². The highest BCUT2D eigenvalue weighted by Crippen LogP contribution is 2.23. The summed E-state index contributed by atoms with van der Waals surface area (Å²) in [4.78, 5) is 0. The SMILES string of the molecule is C=C1C=C(C)CC(OCCOC)C1. The largest absolute Gasteiger partial charge is 0.382 e. The predicted molar refractivity (Wildman–Crippen MR) is 53.7 cm³/mol. The van der Waals surface area contributed by atoms with Gasteiger partial charge in [-0.3, -0.25) is 0 Å². The number of methoxy groups -OCH3 is 1. The zero-order valence-electron chi connectivity index (χ0n) is 8.51. The molecular formula is C11H18O2. The van der Waals surface area contributed by atoms with Crippen LogP contribution in [0.2, 0.25) is 0 Å². The Kier molecular flexibility index (Phi) is 4.19. The van der Waals surface area contributed by atoms with E-state index in [4.69, 9.17) is 9.47 Å². The van der Waals surface area contributed by atoms with Crippen molar-refractivity contribution in [2.75, 3.05) is 20.3 Å². The third-order valence-electron chi connectivity index (χ3n) is 2.13. The number of rotatable bonds is 4. The maximum Gasteiger partial charge on any atom is 0.0704 e. The van der Waals surface area contributed by atoms with Crippen molar-refractivity contribution in [2.45, 2.75) is 25.9 Å². The molecule has 0 bridgehead atoms. The van der Waals surface area contributed by atoms with Crippen LogP contribution in [-0.2, 0) is 9.47 Å². The van der Waals surface area contributed by atoms with Crippen LogP contribution >= 0.6 is 0 Å².